The number of likely N-dealkylation sites (N-methyl/N-ethyl adjacent to an activating group) is 1. The summed E-state index contributed by atoms with van der Waals surface area (Å²) < 4.78 is 18.3. The van der Waals surface area contributed by atoms with Crippen LogP contribution in [-0.4, -0.2) is 41.8 Å². The van der Waals surface area contributed by atoms with Gasteiger partial charge in [0.2, 0.25) is 0 Å². The van der Waals surface area contributed by atoms with Crippen LogP contribution in [0.25, 0.3) is 0 Å². The zero-order valence-corrected chi connectivity index (χ0v) is 15.0. The van der Waals surface area contributed by atoms with Crippen LogP contribution in [0, 0.1) is 19.7 Å². The maximum absolute atomic E-state index is 13.3. The van der Waals surface area contributed by atoms with E-state index in [-0.39, 0.29) is 24.8 Å². The van der Waals surface area contributed by atoms with Crippen molar-refractivity contribution in [1.29, 1.82) is 0 Å². The lowest BCUT2D eigenvalue weighted by molar-refractivity contribution is 0.0519. The lowest BCUT2D eigenvalue weighted by atomic mass is 10.1. The van der Waals surface area contributed by atoms with Crippen LogP contribution in [0.4, 0.5) is 4.39 Å². The molecule has 0 unspecified atom stereocenters. The van der Waals surface area contributed by atoms with Crippen LogP contribution >= 0.6 is 0 Å². The summed E-state index contributed by atoms with van der Waals surface area (Å²) in [5.41, 5.74) is 2.86. The number of aromatic amines is 1. The van der Waals surface area contributed by atoms with E-state index in [0.717, 1.165) is 5.56 Å². The minimum Gasteiger partial charge on any atom is -0.461 e. The predicted molar refractivity (Wildman–Crippen MR) is 93.3 cm³/mol. The zero-order chi connectivity index (χ0) is 18.6. The van der Waals surface area contributed by atoms with Crippen LogP contribution in [0.5, 0.6) is 0 Å². The first-order chi connectivity index (χ1) is 11.8. The number of carbonyl (C=O) groups is 2. The molecular formula is C19H23FN2O3. The van der Waals surface area contributed by atoms with Gasteiger partial charge in [0.05, 0.1) is 13.2 Å². The molecule has 5 nitrogen and oxygen atoms in total. The van der Waals surface area contributed by atoms with Gasteiger partial charge in [0.15, 0.2) is 5.78 Å². The van der Waals surface area contributed by atoms with Crippen LogP contribution in [0.15, 0.2) is 24.3 Å². The number of nitrogens with zero attached hydrogens (tertiary/aromatic N) is 1. The van der Waals surface area contributed by atoms with Gasteiger partial charge in [-0.05, 0) is 51.1 Å². The molecular weight excluding hydrogens is 323 g/mol. The third kappa shape index (κ3) is 4.54. The summed E-state index contributed by atoms with van der Waals surface area (Å²) in [6, 6.07) is 6.30. The van der Waals surface area contributed by atoms with Crippen molar-refractivity contribution in [2.24, 2.45) is 0 Å². The van der Waals surface area contributed by atoms with Gasteiger partial charge in [-0.3, -0.25) is 9.69 Å². The zero-order valence-electron chi connectivity index (χ0n) is 15.0. The molecule has 6 heteroatoms. The van der Waals surface area contributed by atoms with E-state index in [1.807, 2.05) is 11.0 Å². The number of carbonyl (C=O) groups excluding carboxylic acids is 2. The molecule has 134 valence electrons. The second-order valence-corrected chi connectivity index (χ2v) is 6.07. The molecule has 0 atom stereocenters. The Morgan fingerprint density at radius 2 is 2.00 bits per heavy atom. The average Bonchev–Trinajstić information content (AvgIpc) is 2.82. The highest BCUT2D eigenvalue weighted by Gasteiger charge is 2.23. The number of hydrogen-bond acceptors (Lipinski definition) is 4. The van der Waals surface area contributed by atoms with Crippen molar-refractivity contribution in [3.63, 3.8) is 0 Å². The topological polar surface area (TPSA) is 62.4 Å². The summed E-state index contributed by atoms with van der Waals surface area (Å²) in [5, 5.41) is 0. The molecule has 1 aromatic carbocycles. The summed E-state index contributed by atoms with van der Waals surface area (Å²) in [7, 11) is 1.80. The molecule has 0 spiro atoms. The van der Waals surface area contributed by atoms with Gasteiger partial charge in [0.1, 0.15) is 11.5 Å². The van der Waals surface area contributed by atoms with E-state index in [1.54, 1.807) is 33.9 Å². The SMILES string of the molecule is CCOC(=O)c1[nH]c(C)c(C(=O)CN(C)Cc2cccc(F)c2)c1C. The van der Waals surface area contributed by atoms with Crippen molar-refractivity contribution in [3.05, 3.63) is 58.2 Å². The van der Waals surface area contributed by atoms with Crippen molar-refractivity contribution in [2.45, 2.75) is 27.3 Å². The molecule has 0 saturated carbocycles. The first-order valence-electron chi connectivity index (χ1n) is 8.16. The van der Waals surface area contributed by atoms with E-state index in [4.69, 9.17) is 4.74 Å². The number of ketones is 1. The first-order valence-corrected chi connectivity index (χ1v) is 8.16. The average molecular weight is 346 g/mol. The highest BCUT2D eigenvalue weighted by molar-refractivity contribution is 6.03. The maximum Gasteiger partial charge on any atom is 0.355 e. The molecule has 1 heterocycles. The van der Waals surface area contributed by atoms with Gasteiger partial charge in [-0.2, -0.15) is 0 Å². The van der Waals surface area contributed by atoms with Gasteiger partial charge in [-0.1, -0.05) is 12.1 Å². The fourth-order valence-corrected chi connectivity index (χ4v) is 2.90. The van der Waals surface area contributed by atoms with Crippen molar-refractivity contribution < 1.29 is 18.7 Å². The van der Waals surface area contributed by atoms with Crippen LogP contribution in [0.3, 0.4) is 0 Å². The van der Waals surface area contributed by atoms with Crippen LogP contribution in [0.1, 0.15) is 44.6 Å². The Bertz CT molecular complexity index is 783. The second-order valence-electron chi connectivity index (χ2n) is 6.07. The number of halogens is 1. The smallest absolute Gasteiger partial charge is 0.355 e. The van der Waals surface area contributed by atoms with E-state index >= 15 is 0 Å². The second kappa shape index (κ2) is 8.07. The predicted octanol–water partition coefficient (Wildman–Crippen LogP) is 3.26. The van der Waals surface area contributed by atoms with Gasteiger partial charge < -0.3 is 9.72 Å². The fraction of sp³-hybridized carbons (Fsp3) is 0.368. The summed E-state index contributed by atoms with van der Waals surface area (Å²) in [5.74, 6) is -0.857. The number of benzene rings is 1. The molecule has 0 saturated heterocycles. The summed E-state index contributed by atoms with van der Waals surface area (Å²) >= 11 is 0. The Morgan fingerprint density at radius 3 is 2.64 bits per heavy atom. The van der Waals surface area contributed by atoms with Gasteiger partial charge in [-0.15, -0.1) is 0 Å². The molecule has 0 bridgehead atoms. The van der Waals surface area contributed by atoms with E-state index < -0.39 is 5.97 Å². The molecule has 0 aliphatic heterocycles. The first kappa shape index (κ1) is 18.9. The third-order valence-corrected chi connectivity index (χ3v) is 3.95. The van der Waals surface area contributed by atoms with E-state index in [0.29, 0.717) is 29.1 Å². The molecule has 2 rings (SSSR count). The number of hydrogen-bond donors (Lipinski definition) is 1. The van der Waals surface area contributed by atoms with Crippen molar-refractivity contribution in [3.8, 4) is 0 Å². The molecule has 0 amide bonds. The van der Waals surface area contributed by atoms with Crippen LogP contribution in [-0.2, 0) is 11.3 Å². The summed E-state index contributed by atoms with van der Waals surface area (Å²) in [6.45, 7) is 6.12. The summed E-state index contributed by atoms with van der Waals surface area (Å²) in [6.07, 6.45) is 0. The molecule has 0 fully saturated rings. The van der Waals surface area contributed by atoms with Crippen molar-refractivity contribution >= 4 is 11.8 Å². The molecule has 0 aliphatic carbocycles. The molecule has 0 aliphatic rings. The quantitative estimate of drug-likeness (QED) is 0.617. The van der Waals surface area contributed by atoms with Crippen LogP contribution in [0.2, 0.25) is 0 Å². The normalized spacial score (nSPS) is 11.0. The number of esters is 1. The Hall–Kier alpha value is -2.47. The van der Waals surface area contributed by atoms with Gasteiger partial charge in [-0.25, -0.2) is 9.18 Å². The van der Waals surface area contributed by atoms with E-state index in [1.165, 1.54) is 12.1 Å². The van der Waals surface area contributed by atoms with Crippen molar-refractivity contribution in [1.82, 2.24) is 9.88 Å². The standard InChI is InChI=1S/C19H23FN2O3/c1-5-25-19(24)18-12(2)17(13(3)21-18)16(23)11-22(4)10-14-7-6-8-15(20)9-14/h6-9,21H,5,10-11H2,1-4H3. The number of aromatic nitrogens is 1. The van der Waals surface area contributed by atoms with Crippen molar-refractivity contribution in [2.75, 3.05) is 20.2 Å². The third-order valence-electron chi connectivity index (χ3n) is 3.95. The Balaban J connectivity index is 2.11. The minimum absolute atomic E-state index is 0.0966. The highest BCUT2D eigenvalue weighted by atomic mass is 19.1. The summed E-state index contributed by atoms with van der Waals surface area (Å²) in [4.78, 5) is 29.4. The van der Waals surface area contributed by atoms with Gasteiger partial charge in [0.25, 0.3) is 0 Å². The Labute approximate surface area is 146 Å². The Kier molecular flexibility index (Phi) is 6.09. The molecule has 0 radical (unpaired) electrons. The monoisotopic (exact) mass is 346 g/mol. The molecule has 2 aromatic rings. The van der Waals surface area contributed by atoms with E-state index in [9.17, 15) is 14.0 Å². The van der Waals surface area contributed by atoms with Crippen LogP contribution < -0.4 is 0 Å². The highest BCUT2D eigenvalue weighted by Crippen LogP contribution is 2.20. The molecule has 1 aromatic heterocycles. The number of H-pyrrole nitrogens is 1. The number of rotatable bonds is 7. The van der Waals surface area contributed by atoms with E-state index in [2.05, 4.69) is 4.98 Å². The number of ether oxygens (including phenoxy) is 1. The lowest BCUT2D eigenvalue weighted by Crippen LogP contribution is -2.26. The Morgan fingerprint density at radius 1 is 1.28 bits per heavy atom. The minimum atomic E-state index is -0.463. The number of nitrogens with one attached hydrogen (secondary N) is 1. The molecule has 1 N–H and O–H groups in total. The molecule has 25 heavy (non-hydrogen) atoms. The lowest BCUT2D eigenvalue weighted by Gasteiger charge is -2.16. The largest absolute Gasteiger partial charge is 0.461 e. The fourth-order valence-electron chi connectivity index (χ4n) is 2.90. The number of aryl methyl sites for hydroxylation is 1. The number of Topliss-reactive ketones (excluding diaryl/α,β-unsaturated/α-hetero) is 1. The maximum atomic E-state index is 13.3. The van der Waals surface area contributed by atoms with Gasteiger partial charge >= 0.3 is 5.97 Å². The van der Waals surface area contributed by atoms with Gasteiger partial charge in [0, 0.05) is 17.8 Å².